The second-order valence-electron chi connectivity index (χ2n) is 9.35. The third kappa shape index (κ3) is 15.4. The monoisotopic (exact) mass is 734 g/mol. The molecule has 4 atom stereocenters. The Morgan fingerprint density at radius 3 is 1.92 bits per heavy atom. The van der Waals surface area contributed by atoms with Crippen molar-refractivity contribution < 1.29 is 24.2 Å². The van der Waals surface area contributed by atoms with Gasteiger partial charge in [0, 0.05) is 18.3 Å². The Balaban J connectivity index is 0.000000795. The van der Waals surface area contributed by atoms with Crippen LogP contribution in [-0.2, 0) is 14.3 Å². The molecule has 7 heteroatoms. The van der Waals surface area contributed by atoms with E-state index in [2.05, 4.69) is 45.2 Å². The molecule has 0 unspecified atom stereocenters. The molecule has 1 aromatic rings. The van der Waals surface area contributed by atoms with Crippen LogP contribution in [-0.4, -0.2) is 35.4 Å². The molecule has 0 aliphatic heterocycles. The predicted molar refractivity (Wildman–Crippen MR) is 169 cm³/mol. The summed E-state index contributed by atoms with van der Waals surface area (Å²) in [5.74, 6) is -0.326. The highest BCUT2D eigenvalue weighted by atomic mass is 127. The van der Waals surface area contributed by atoms with Gasteiger partial charge in [-0.05, 0) is 72.5 Å². The molecular formula is C30H40I2O5. The highest BCUT2D eigenvalue weighted by molar-refractivity contribution is 14.1. The topological polar surface area (TPSA) is 80.7 Å². The minimum atomic E-state index is -0.407. The largest absolute Gasteiger partial charge is 0.458 e. The highest BCUT2D eigenvalue weighted by Gasteiger charge is 2.22. The molecule has 1 N–H and O–H groups in total. The van der Waals surface area contributed by atoms with Crippen molar-refractivity contribution in [1.82, 2.24) is 0 Å². The molecule has 37 heavy (non-hydrogen) atoms. The zero-order valence-corrected chi connectivity index (χ0v) is 27.1. The molecule has 0 aliphatic carbocycles. The average Bonchev–Trinajstić information content (AvgIpc) is 2.88. The first-order valence-electron chi connectivity index (χ1n) is 12.1. The van der Waals surface area contributed by atoms with Gasteiger partial charge in [-0.1, -0.05) is 101 Å². The van der Waals surface area contributed by atoms with Crippen molar-refractivity contribution in [3.8, 4) is 0 Å². The molecule has 0 amide bonds. The fraction of sp³-hybridized carbons (Fsp3) is 0.433. The minimum Gasteiger partial charge on any atom is -0.458 e. The van der Waals surface area contributed by atoms with E-state index in [-0.39, 0.29) is 29.7 Å². The van der Waals surface area contributed by atoms with Gasteiger partial charge >= 0.3 is 5.97 Å². The SMILES string of the molecule is C/C(C=O)=C\[C@@H](C)[C@H](O)C/C(C)=C/I.CC(=O)/C(C)=C/[C@@H](C)[C@@H](C/C(C)=C/I)OC(=O)c1ccccc1. The first kappa shape index (κ1) is 35.4. The molecule has 0 bridgehead atoms. The van der Waals surface area contributed by atoms with Gasteiger partial charge in [-0.25, -0.2) is 4.79 Å². The standard InChI is InChI=1S/C19H23IO3.C11H17IO2/c1-13(12-20)10-18(15(3)11-14(2)16(4)21)23-19(22)17-8-6-5-7-9-17;1-8(6-12)5-11(14)10(3)4-9(2)7-13/h5-9,11-12,15,18H,10H2,1-4H3;4,6-7,10-11,14H,5H2,1-3H3/b13-12+,14-11+;8-6+,9-4+/t15-,18-;10-,11-/m11/s1. The number of Topliss-reactive ketones (excluding diaryl/α,β-unsaturated/α-hetero) is 1. The number of ether oxygens (including phenoxy) is 1. The van der Waals surface area contributed by atoms with Crippen molar-refractivity contribution in [2.45, 2.75) is 73.5 Å². The highest BCUT2D eigenvalue weighted by Crippen LogP contribution is 2.22. The van der Waals surface area contributed by atoms with Crippen LogP contribution >= 0.6 is 45.2 Å². The van der Waals surface area contributed by atoms with Crippen molar-refractivity contribution in [1.29, 1.82) is 0 Å². The molecule has 0 heterocycles. The van der Waals surface area contributed by atoms with Crippen LogP contribution in [0.3, 0.4) is 0 Å². The Labute approximate surface area is 249 Å². The molecule has 0 saturated carbocycles. The van der Waals surface area contributed by atoms with Crippen molar-refractivity contribution in [3.05, 3.63) is 78.5 Å². The van der Waals surface area contributed by atoms with E-state index >= 15 is 0 Å². The number of halogens is 2. The molecule has 0 spiro atoms. The number of carbonyl (C=O) groups is 3. The number of aliphatic hydroxyl groups excluding tert-OH is 1. The second-order valence-corrected chi connectivity index (χ2v) is 10.6. The normalized spacial score (nSPS) is 16.1. The lowest BCUT2D eigenvalue weighted by Gasteiger charge is -2.23. The number of hydrogen-bond donors (Lipinski definition) is 1. The van der Waals surface area contributed by atoms with Crippen molar-refractivity contribution in [3.63, 3.8) is 0 Å². The summed E-state index contributed by atoms with van der Waals surface area (Å²) in [6.45, 7) is 12.9. The maximum atomic E-state index is 12.3. The van der Waals surface area contributed by atoms with Gasteiger partial charge in [-0.2, -0.15) is 0 Å². The van der Waals surface area contributed by atoms with E-state index in [1.54, 1.807) is 39.0 Å². The van der Waals surface area contributed by atoms with Gasteiger partial charge in [0.15, 0.2) is 5.78 Å². The quantitative estimate of drug-likeness (QED) is 0.102. The molecule has 204 valence electrons. The van der Waals surface area contributed by atoms with Crippen LogP contribution in [0.15, 0.2) is 72.9 Å². The molecule has 1 rings (SSSR count). The maximum Gasteiger partial charge on any atom is 0.338 e. The first-order chi connectivity index (χ1) is 17.4. The molecule has 5 nitrogen and oxygen atoms in total. The number of hydrogen-bond acceptors (Lipinski definition) is 5. The predicted octanol–water partition coefficient (Wildman–Crippen LogP) is 7.97. The Bertz CT molecular complexity index is 992. The lowest BCUT2D eigenvalue weighted by molar-refractivity contribution is -0.113. The Morgan fingerprint density at radius 1 is 0.892 bits per heavy atom. The fourth-order valence-electron chi connectivity index (χ4n) is 3.22. The Kier molecular flexibility index (Phi) is 18.6. The van der Waals surface area contributed by atoms with Gasteiger partial charge in [0.25, 0.3) is 0 Å². The molecule has 1 aromatic carbocycles. The summed E-state index contributed by atoms with van der Waals surface area (Å²) in [4.78, 5) is 34.1. The number of aldehydes is 1. The third-order valence-corrected chi connectivity index (χ3v) is 7.79. The van der Waals surface area contributed by atoms with Gasteiger partial charge in [0.2, 0.25) is 0 Å². The van der Waals surface area contributed by atoms with Crippen LogP contribution in [0, 0.1) is 11.8 Å². The summed E-state index contributed by atoms with van der Waals surface area (Å²) < 4.78 is 9.66. The number of benzene rings is 1. The van der Waals surface area contributed by atoms with Gasteiger partial charge < -0.3 is 9.84 Å². The molecule has 0 saturated heterocycles. The summed E-state index contributed by atoms with van der Waals surface area (Å²) in [5, 5.41) is 9.76. The lowest BCUT2D eigenvalue weighted by atomic mass is 9.95. The number of allylic oxidation sites excluding steroid dienone is 2. The number of aliphatic hydroxyl groups is 1. The summed E-state index contributed by atoms with van der Waals surface area (Å²) >= 11 is 4.34. The Morgan fingerprint density at radius 2 is 1.43 bits per heavy atom. The zero-order chi connectivity index (χ0) is 28.5. The summed E-state index contributed by atoms with van der Waals surface area (Å²) in [6, 6.07) is 8.96. The number of ketones is 1. The van der Waals surface area contributed by atoms with E-state index in [4.69, 9.17) is 4.74 Å². The van der Waals surface area contributed by atoms with Crippen molar-refractivity contribution >= 4 is 63.2 Å². The van der Waals surface area contributed by atoms with E-state index < -0.39 is 6.10 Å². The van der Waals surface area contributed by atoms with Gasteiger partial charge in [0.1, 0.15) is 12.4 Å². The minimum absolute atomic E-state index is 0.0199. The lowest BCUT2D eigenvalue weighted by Crippen LogP contribution is -2.25. The molecule has 0 aliphatic rings. The molecular weight excluding hydrogens is 694 g/mol. The first-order valence-corrected chi connectivity index (χ1v) is 14.6. The van der Waals surface area contributed by atoms with Gasteiger partial charge in [0.05, 0.1) is 11.7 Å². The zero-order valence-electron chi connectivity index (χ0n) is 22.8. The average molecular weight is 734 g/mol. The number of rotatable bonds is 12. The molecule has 0 aromatic heterocycles. The fourth-order valence-corrected chi connectivity index (χ4v) is 3.73. The van der Waals surface area contributed by atoms with Crippen LogP contribution in [0.25, 0.3) is 0 Å². The Hall–Kier alpha value is -1.59. The van der Waals surface area contributed by atoms with Crippen LogP contribution in [0.2, 0.25) is 0 Å². The summed E-state index contributed by atoms with van der Waals surface area (Å²) in [6.07, 6.45) is 5.09. The van der Waals surface area contributed by atoms with Crippen LogP contribution < -0.4 is 0 Å². The maximum absolute atomic E-state index is 12.3. The van der Waals surface area contributed by atoms with Crippen LogP contribution in [0.5, 0.6) is 0 Å². The second kappa shape index (κ2) is 19.5. The van der Waals surface area contributed by atoms with Crippen LogP contribution in [0.1, 0.15) is 71.7 Å². The summed E-state index contributed by atoms with van der Waals surface area (Å²) in [5.41, 5.74) is 4.19. The number of esters is 1. The van der Waals surface area contributed by atoms with Crippen molar-refractivity contribution in [2.24, 2.45) is 11.8 Å². The van der Waals surface area contributed by atoms with Crippen molar-refractivity contribution in [2.75, 3.05) is 0 Å². The van der Waals surface area contributed by atoms with E-state index in [0.29, 0.717) is 29.6 Å². The van der Waals surface area contributed by atoms with Gasteiger partial charge in [-0.3, -0.25) is 9.59 Å². The van der Waals surface area contributed by atoms with Crippen LogP contribution in [0.4, 0.5) is 0 Å². The smallest absolute Gasteiger partial charge is 0.338 e. The van der Waals surface area contributed by atoms with E-state index in [9.17, 15) is 19.5 Å². The van der Waals surface area contributed by atoms with E-state index in [1.807, 2.05) is 60.1 Å². The molecule has 0 fully saturated rings. The van der Waals surface area contributed by atoms with Gasteiger partial charge in [-0.15, -0.1) is 0 Å². The van der Waals surface area contributed by atoms with E-state index in [0.717, 1.165) is 17.4 Å². The molecule has 0 radical (unpaired) electrons. The number of carbonyl (C=O) groups excluding carboxylic acids is 3. The van der Waals surface area contributed by atoms with E-state index in [1.165, 1.54) is 0 Å². The third-order valence-electron chi connectivity index (χ3n) is 5.67. The summed E-state index contributed by atoms with van der Waals surface area (Å²) in [7, 11) is 0.